The van der Waals surface area contributed by atoms with Crippen molar-refractivity contribution in [3.63, 3.8) is 0 Å². The van der Waals surface area contributed by atoms with Gasteiger partial charge in [0.1, 0.15) is 6.33 Å². The van der Waals surface area contributed by atoms with E-state index < -0.39 is 21.8 Å². The summed E-state index contributed by atoms with van der Waals surface area (Å²) in [6.45, 7) is 1.02. The molecule has 0 spiro atoms. The van der Waals surface area contributed by atoms with E-state index in [1.54, 1.807) is 24.3 Å². The molecule has 1 saturated heterocycles. The summed E-state index contributed by atoms with van der Waals surface area (Å²) in [5.74, 6) is -1.73. The molecular weight excluding hydrogens is 422 g/mol. The van der Waals surface area contributed by atoms with E-state index in [0.29, 0.717) is 30.2 Å². The molecule has 2 N–H and O–H groups in total. The van der Waals surface area contributed by atoms with E-state index in [-0.39, 0.29) is 4.90 Å². The van der Waals surface area contributed by atoms with Crippen LogP contribution >= 0.6 is 0 Å². The molecule has 1 aliphatic rings. The summed E-state index contributed by atoms with van der Waals surface area (Å²) in [6.07, 6.45) is 3.13. The first-order valence-corrected chi connectivity index (χ1v) is 10.9. The van der Waals surface area contributed by atoms with Crippen LogP contribution < -0.4 is 10.6 Å². The number of tetrazole rings is 1. The van der Waals surface area contributed by atoms with Gasteiger partial charge >= 0.3 is 11.8 Å². The Hall–Kier alpha value is -3.64. The molecule has 0 radical (unpaired) electrons. The van der Waals surface area contributed by atoms with E-state index >= 15 is 0 Å². The summed E-state index contributed by atoms with van der Waals surface area (Å²) in [6, 6.07) is 12.3. The van der Waals surface area contributed by atoms with E-state index in [1.807, 2.05) is 0 Å². The van der Waals surface area contributed by atoms with Gasteiger partial charge in [-0.25, -0.2) is 13.1 Å². The van der Waals surface area contributed by atoms with E-state index in [4.69, 9.17) is 0 Å². The number of carbonyl (C=O) groups is 2. The highest BCUT2D eigenvalue weighted by atomic mass is 32.2. The molecule has 2 amide bonds. The maximum Gasteiger partial charge on any atom is 0.314 e. The fourth-order valence-electron chi connectivity index (χ4n) is 3.14. The van der Waals surface area contributed by atoms with Crippen LogP contribution in [0.2, 0.25) is 0 Å². The maximum atomic E-state index is 12.5. The molecule has 12 heteroatoms. The van der Waals surface area contributed by atoms with Crippen molar-refractivity contribution >= 4 is 33.2 Å². The second kappa shape index (κ2) is 8.62. The number of anilines is 2. The van der Waals surface area contributed by atoms with Gasteiger partial charge in [-0.2, -0.15) is 4.31 Å². The van der Waals surface area contributed by atoms with E-state index in [1.165, 1.54) is 39.6 Å². The third-order valence-corrected chi connectivity index (χ3v) is 6.67. The highest BCUT2D eigenvalue weighted by Crippen LogP contribution is 2.22. The van der Waals surface area contributed by atoms with Crippen LogP contribution in [-0.2, 0) is 19.6 Å². The van der Waals surface area contributed by atoms with Crippen molar-refractivity contribution in [2.45, 2.75) is 17.7 Å². The highest BCUT2D eigenvalue weighted by molar-refractivity contribution is 7.89. The summed E-state index contributed by atoms with van der Waals surface area (Å²) in [7, 11) is -3.53. The number of hydrogen-bond donors (Lipinski definition) is 2. The second-order valence-electron chi connectivity index (χ2n) is 6.85. The summed E-state index contributed by atoms with van der Waals surface area (Å²) in [5, 5.41) is 15.8. The van der Waals surface area contributed by atoms with Crippen molar-refractivity contribution < 1.29 is 18.0 Å². The van der Waals surface area contributed by atoms with Crippen LogP contribution in [0.5, 0.6) is 0 Å². The van der Waals surface area contributed by atoms with E-state index in [0.717, 1.165) is 12.8 Å². The molecule has 0 unspecified atom stereocenters. The molecule has 0 saturated carbocycles. The minimum absolute atomic E-state index is 0.152. The van der Waals surface area contributed by atoms with Crippen LogP contribution in [0.3, 0.4) is 0 Å². The topological polar surface area (TPSA) is 139 Å². The average molecular weight is 441 g/mol. The van der Waals surface area contributed by atoms with Gasteiger partial charge in [-0.3, -0.25) is 9.59 Å². The number of sulfonamides is 1. The zero-order valence-electron chi connectivity index (χ0n) is 16.3. The van der Waals surface area contributed by atoms with Gasteiger partial charge in [0.15, 0.2) is 0 Å². The second-order valence-corrected chi connectivity index (χ2v) is 8.78. The SMILES string of the molecule is O=C(Nc1ccc(-n2cnnn2)cc1)C(=O)Nc1ccc(S(=O)(=O)N2CCCC2)cc1. The van der Waals surface area contributed by atoms with Gasteiger partial charge in [0.25, 0.3) is 0 Å². The zero-order chi connectivity index (χ0) is 21.8. The first-order valence-electron chi connectivity index (χ1n) is 9.49. The molecule has 1 aliphatic heterocycles. The van der Waals surface area contributed by atoms with Gasteiger partial charge in [-0.1, -0.05) is 0 Å². The Bertz CT molecular complexity index is 1170. The van der Waals surface area contributed by atoms with Crippen molar-refractivity contribution in [1.29, 1.82) is 0 Å². The Morgan fingerprint density at radius 3 is 1.90 bits per heavy atom. The van der Waals surface area contributed by atoms with Gasteiger partial charge in [0, 0.05) is 24.5 Å². The highest BCUT2D eigenvalue weighted by Gasteiger charge is 2.27. The van der Waals surface area contributed by atoms with Crippen molar-refractivity contribution in [2.24, 2.45) is 0 Å². The lowest BCUT2D eigenvalue weighted by molar-refractivity contribution is -0.132. The van der Waals surface area contributed by atoms with Crippen LogP contribution in [0.15, 0.2) is 59.8 Å². The molecule has 31 heavy (non-hydrogen) atoms. The van der Waals surface area contributed by atoms with Gasteiger partial charge in [-0.15, -0.1) is 5.10 Å². The van der Waals surface area contributed by atoms with Crippen molar-refractivity contribution in [3.8, 4) is 5.69 Å². The first-order chi connectivity index (χ1) is 14.9. The normalized spacial score (nSPS) is 14.3. The van der Waals surface area contributed by atoms with Gasteiger partial charge < -0.3 is 10.6 Å². The summed E-state index contributed by atoms with van der Waals surface area (Å²) in [5.41, 5.74) is 1.43. The van der Waals surface area contributed by atoms with Crippen molar-refractivity contribution in [3.05, 3.63) is 54.9 Å². The molecular formula is C19H19N7O4S. The Morgan fingerprint density at radius 2 is 1.39 bits per heavy atom. The Balaban J connectivity index is 1.36. The lowest BCUT2D eigenvalue weighted by Gasteiger charge is -2.15. The quantitative estimate of drug-likeness (QED) is 0.564. The summed E-state index contributed by atoms with van der Waals surface area (Å²) >= 11 is 0. The third kappa shape index (κ3) is 4.59. The van der Waals surface area contributed by atoms with Crippen LogP contribution in [0.4, 0.5) is 11.4 Å². The number of nitrogens with zero attached hydrogens (tertiary/aromatic N) is 5. The minimum Gasteiger partial charge on any atom is -0.318 e. The van der Waals surface area contributed by atoms with E-state index in [2.05, 4.69) is 26.2 Å². The third-order valence-electron chi connectivity index (χ3n) is 4.76. The number of aromatic nitrogens is 4. The fourth-order valence-corrected chi connectivity index (χ4v) is 4.66. The van der Waals surface area contributed by atoms with Crippen molar-refractivity contribution in [2.75, 3.05) is 23.7 Å². The maximum absolute atomic E-state index is 12.5. The van der Waals surface area contributed by atoms with Gasteiger partial charge in [0.05, 0.1) is 10.6 Å². The number of carbonyl (C=O) groups excluding carboxylic acids is 2. The molecule has 1 fully saturated rings. The van der Waals surface area contributed by atoms with Gasteiger partial charge in [0.2, 0.25) is 10.0 Å². The Labute approximate surface area is 178 Å². The lowest BCUT2D eigenvalue weighted by atomic mass is 10.2. The smallest absolute Gasteiger partial charge is 0.314 e. The first kappa shape index (κ1) is 20.6. The molecule has 0 aliphatic carbocycles. The fraction of sp³-hybridized carbons (Fsp3) is 0.211. The summed E-state index contributed by atoms with van der Waals surface area (Å²) in [4.78, 5) is 24.5. The average Bonchev–Trinajstić information content (AvgIpc) is 3.49. The molecule has 1 aromatic heterocycles. The zero-order valence-corrected chi connectivity index (χ0v) is 17.1. The number of nitrogens with one attached hydrogen (secondary N) is 2. The predicted molar refractivity (Wildman–Crippen MR) is 111 cm³/mol. The Kier molecular flexibility index (Phi) is 5.73. The van der Waals surface area contributed by atoms with Crippen LogP contribution in [-0.4, -0.2) is 57.8 Å². The molecule has 4 rings (SSSR count). The van der Waals surface area contributed by atoms with Crippen LogP contribution in [0, 0.1) is 0 Å². The monoisotopic (exact) mass is 441 g/mol. The number of benzene rings is 2. The summed E-state index contributed by atoms with van der Waals surface area (Å²) < 4.78 is 28.0. The molecule has 0 atom stereocenters. The number of rotatable bonds is 5. The molecule has 2 aromatic carbocycles. The van der Waals surface area contributed by atoms with Crippen LogP contribution in [0.1, 0.15) is 12.8 Å². The molecule has 11 nitrogen and oxygen atoms in total. The van der Waals surface area contributed by atoms with Gasteiger partial charge in [-0.05, 0) is 71.8 Å². The van der Waals surface area contributed by atoms with Crippen molar-refractivity contribution in [1.82, 2.24) is 24.5 Å². The molecule has 160 valence electrons. The standard InChI is InChI=1S/C19H19N7O4S/c27-18(21-14-3-7-16(8-4-14)26-13-20-23-24-26)19(28)22-15-5-9-17(10-6-15)31(29,30)25-11-1-2-12-25/h3-10,13H,1-2,11-12H2,(H,21,27)(H,22,28). The molecule has 0 bridgehead atoms. The predicted octanol–water partition coefficient (Wildman–Crippen LogP) is 1.02. The molecule has 2 heterocycles. The number of amides is 2. The lowest BCUT2D eigenvalue weighted by Crippen LogP contribution is -2.29. The van der Waals surface area contributed by atoms with E-state index in [9.17, 15) is 18.0 Å². The Morgan fingerprint density at radius 1 is 0.839 bits per heavy atom. The minimum atomic E-state index is -3.53. The largest absolute Gasteiger partial charge is 0.318 e. The van der Waals surface area contributed by atoms with Crippen LogP contribution in [0.25, 0.3) is 5.69 Å². The molecule has 3 aromatic rings. The number of hydrogen-bond acceptors (Lipinski definition) is 7.